The molecule has 2 N–H and O–H groups in total. The van der Waals surface area contributed by atoms with Gasteiger partial charge in [0.2, 0.25) is 0 Å². The van der Waals surface area contributed by atoms with Crippen LogP contribution in [0.1, 0.15) is 13.3 Å². The van der Waals surface area contributed by atoms with E-state index in [1.54, 1.807) is 24.3 Å². The molecule has 0 fully saturated rings. The molecule has 0 spiro atoms. The lowest BCUT2D eigenvalue weighted by Crippen LogP contribution is -2.23. The third-order valence-corrected chi connectivity index (χ3v) is 2.50. The molecule has 0 aliphatic rings. The van der Waals surface area contributed by atoms with Crippen molar-refractivity contribution >= 4 is 5.69 Å². The predicted molar refractivity (Wildman–Crippen MR) is 65.6 cm³/mol. The van der Waals surface area contributed by atoms with Crippen LogP contribution in [0.25, 0.3) is 11.4 Å². The van der Waals surface area contributed by atoms with E-state index in [2.05, 4.69) is 20.5 Å². The van der Waals surface area contributed by atoms with Crippen LogP contribution in [-0.4, -0.2) is 27.4 Å². The number of halogens is 3. The monoisotopic (exact) mass is 270 g/mol. The molecule has 1 aromatic heterocycles. The summed E-state index contributed by atoms with van der Waals surface area (Å²) in [5.74, 6) is 0.576. The minimum absolute atomic E-state index is 0.576. The zero-order valence-corrected chi connectivity index (χ0v) is 10.2. The van der Waals surface area contributed by atoms with Crippen molar-refractivity contribution in [1.29, 1.82) is 0 Å². The Morgan fingerprint density at radius 1 is 1.37 bits per heavy atom. The van der Waals surface area contributed by atoms with E-state index in [0.717, 1.165) is 5.56 Å². The fourth-order valence-corrected chi connectivity index (χ4v) is 1.78. The zero-order valence-electron chi connectivity index (χ0n) is 10.2. The summed E-state index contributed by atoms with van der Waals surface area (Å²) in [4.78, 5) is 3.99. The van der Waals surface area contributed by atoms with Crippen molar-refractivity contribution in [3.05, 3.63) is 30.6 Å². The summed E-state index contributed by atoms with van der Waals surface area (Å²) in [5, 5.41) is 9.25. The van der Waals surface area contributed by atoms with Crippen LogP contribution in [0.2, 0.25) is 0 Å². The molecule has 0 amide bonds. The van der Waals surface area contributed by atoms with Crippen LogP contribution >= 0.6 is 0 Å². The van der Waals surface area contributed by atoms with Crippen molar-refractivity contribution in [2.75, 3.05) is 5.32 Å². The quantitative estimate of drug-likeness (QED) is 0.896. The van der Waals surface area contributed by atoms with E-state index in [1.165, 1.54) is 13.3 Å². The van der Waals surface area contributed by atoms with Crippen LogP contribution in [-0.2, 0) is 0 Å². The number of alkyl halides is 3. The average molecular weight is 270 g/mol. The average Bonchev–Trinajstić information content (AvgIpc) is 2.79. The van der Waals surface area contributed by atoms with Gasteiger partial charge in [-0.3, -0.25) is 5.10 Å². The molecular formula is C12H13F3N4. The fourth-order valence-electron chi connectivity index (χ4n) is 1.78. The van der Waals surface area contributed by atoms with Gasteiger partial charge in [0.25, 0.3) is 0 Å². The zero-order chi connectivity index (χ0) is 13.9. The Morgan fingerprint density at radius 3 is 2.79 bits per heavy atom. The van der Waals surface area contributed by atoms with Gasteiger partial charge in [-0.2, -0.15) is 18.3 Å². The number of nitrogens with zero attached hydrogens (tertiary/aromatic N) is 2. The lowest BCUT2D eigenvalue weighted by atomic mass is 10.1. The van der Waals surface area contributed by atoms with Crippen LogP contribution in [0.4, 0.5) is 18.9 Å². The number of aromatic amines is 1. The van der Waals surface area contributed by atoms with Gasteiger partial charge in [0.1, 0.15) is 6.33 Å². The highest BCUT2D eigenvalue weighted by molar-refractivity contribution is 5.62. The Labute approximate surface area is 108 Å². The number of nitrogens with one attached hydrogen (secondary N) is 2. The van der Waals surface area contributed by atoms with Crippen molar-refractivity contribution in [3.8, 4) is 11.4 Å². The summed E-state index contributed by atoms with van der Waals surface area (Å²) in [6.45, 7) is 1.49. The second-order valence-electron chi connectivity index (χ2n) is 4.28. The maximum Gasteiger partial charge on any atom is 0.391 e. The molecule has 19 heavy (non-hydrogen) atoms. The molecule has 0 bridgehead atoms. The lowest BCUT2D eigenvalue weighted by Gasteiger charge is -2.17. The Morgan fingerprint density at radius 2 is 2.16 bits per heavy atom. The maximum atomic E-state index is 12.2. The third-order valence-electron chi connectivity index (χ3n) is 2.50. The minimum Gasteiger partial charge on any atom is -0.382 e. The molecule has 102 valence electrons. The summed E-state index contributed by atoms with van der Waals surface area (Å²) in [6, 6.07) is 6.31. The Bertz CT molecular complexity index is 522. The number of hydrogen-bond acceptors (Lipinski definition) is 3. The van der Waals surface area contributed by atoms with Crippen molar-refractivity contribution in [3.63, 3.8) is 0 Å². The maximum absolute atomic E-state index is 12.2. The molecule has 2 aromatic rings. The molecule has 4 nitrogen and oxygen atoms in total. The summed E-state index contributed by atoms with van der Waals surface area (Å²) in [7, 11) is 0. The van der Waals surface area contributed by atoms with Gasteiger partial charge in [0.05, 0.1) is 6.42 Å². The normalized spacial score (nSPS) is 13.3. The third kappa shape index (κ3) is 3.97. The summed E-state index contributed by atoms with van der Waals surface area (Å²) < 4.78 is 36.7. The first-order valence-electron chi connectivity index (χ1n) is 5.73. The van der Waals surface area contributed by atoms with E-state index >= 15 is 0 Å². The van der Waals surface area contributed by atoms with Gasteiger partial charge in [-0.15, -0.1) is 0 Å². The largest absolute Gasteiger partial charge is 0.391 e. The van der Waals surface area contributed by atoms with Crippen LogP contribution < -0.4 is 5.32 Å². The van der Waals surface area contributed by atoms with Gasteiger partial charge in [0.15, 0.2) is 5.82 Å². The van der Waals surface area contributed by atoms with E-state index in [-0.39, 0.29) is 0 Å². The van der Waals surface area contributed by atoms with Crippen LogP contribution in [0.3, 0.4) is 0 Å². The van der Waals surface area contributed by atoms with E-state index in [4.69, 9.17) is 0 Å². The number of benzene rings is 1. The SMILES string of the molecule is CC(CC(F)(F)F)Nc1cccc(-c2ncn[nH]2)c1. The molecule has 0 aliphatic carbocycles. The summed E-state index contributed by atoms with van der Waals surface area (Å²) >= 11 is 0. The fraction of sp³-hybridized carbons (Fsp3) is 0.333. The lowest BCUT2D eigenvalue weighted by molar-refractivity contribution is -0.136. The van der Waals surface area contributed by atoms with Crippen LogP contribution in [0, 0.1) is 0 Å². The first-order chi connectivity index (χ1) is 8.94. The standard InChI is InChI=1S/C12H13F3N4/c1-8(6-12(13,14)15)18-10-4-2-3-9(5-10)11-16-7-17-19-11/h2-5,7-8,18H,6H2,1H3,(H,16,17,19). The van der Waals surface area contributed by atoms with E-state index < -0.39 is 18.6 Å². The molecule has 1 atom stereocenters. The Balaban J connectivity index is 2.07. The number of rotatable bonds is 4. The first-order valence-corrected chi connectivity index (χ1v) is 5.73. The molecule has 0 radical (unpaired) electrons. The molecule has 1 heterocycles. The van der Waals surface area contributed by atoms with Gasteiger partial charge in [-0.25, -0.2) is 4.98 Å². The van der Waals surface area contributed by atoms with Crippen LogP contribution in [0.5, 0.6) is 0 Å². The number of hydrogen-bond donors (Lipinski definition) is 2. The number of anilines is 1. The minimum atomic E-state index is -4.17. The first kappa shape index (κ1) is 13.4. The summed E-state index contributed by atoms with van der Waals surface area (Å²) in [5.41, 5.74) is 1.38. The second-order valence-corrected chi connectivity index (χ2v) is 4.28. The van der Waals surface area contributed by atoms with Crippen molar-refractivity contribution in [2.24, 2.45) is 0 Å². The van der Waals surface area contributed by atoms with Gasteiger partial charge in [-0.05, 0) is 19.1 Å². The van der Waals surface area contributed by atoms with E-state index in [1.807, 2.05) is 0 Å². The molecule has 1 aromatic carbocycles. The molecule has 0 saturated heterocycles. The van der Waals surface area contributed by atoms with Gasteiger partial charge >= 0.3 is 6.18 Å². The number of H-pyrrole nitrogens is 1. The van der Waals surface area contributed by atoms with Gasteiger partial charge in [0, 0.05) is 17.3 Å². The molecule has 2 rings (SSSR count). The highest BCUT2D eigenvalue weighted by Gasteiger charge is 2.29. The van der Waals surface area contributed by atoms with Crippen molar-refractivity contribution in [2.45, 2.75) is 25.6 Å². The topological polar surface area (TPSA) is 53.6 Å². The van der Waals surface area contributed by atoms with Crippen molar-refractivity contribution < 1.29 is 13.2 Å². The van der Waals surface area contributed by atoms with Gasteiger partial charge in [-0.1, -0.05) is 12.1 Å². The van der Waals surface area contributed by atoms with Gasteiger partial charge < -0.3 is 5.32 Å². The highest BCUT2D eigenvalue weighted by Crippen LogP contribution is 2.24. The van der Waals surface area contributed by atoms with E-state index in [0.29, 0.717) is 11.5 Å². The molecule has 0 aliphatic heterocycles. The highest BCUT2D eigenvalue weighted by atomic mass is 19.4. The second kappa shape index (κ2) is 5.29. The molecule has 7 heteroatoms. The molecule has 0 saturated carbocycles. The molecular weight excluding hydrogens is 257 g/mol. The smallest absolute Gasteiger partial charge is 0.382 e. The number of aromatic nitrogens is 3. The Hall–Kier alpha value is -2.05. The Kier molecular flexibility index (Phi) is 3.73. The van der Waals surface area contributed by atoms with Crippen LogP contribution in [0.15, 0.2) is 30.6 Å². The predicted octanol–water partition coefficient (Wildman–Crippen LogP) is 3.22. The summed E-state index contributed by atoms with van der Waals surface area (Å²) in [6.07, 6.45) is -3.67. The molecule has 1 unspecified atom stereocenters. The van der Waals surface area contributed by atoms with E-state index in [9.17, 15) is 13.2 Å². The van der Waals surface area contributed by atoms with Crippen molar-refractivity contribution in [1.82, 2.24) is 15.2 Å².